The number of rotatable bonds is 5. The van der Waals surface area contributed by atoms with Crippen molar-refractivity contribution >= 4 is 17.5 Å². The Balaban J connectivity index is 1.53. The van der Waals surface area contributed by atoms with E-state index in [1.165, 1.54) is 11.1 Å². The Kier molecular flexibility index (Phi) is 7.00. The highest BCUT2D eigenvalue weighted by Gasteiger charge is 2.23. The van der Waals surface area contributed by atoms with Gasteiger partial charge in [0.05, 0.1) is 0 Å². The largest absolute Gasteiger partial charge is 0.354 e. The van der Waals surface area contributed by atoms with Crippen LogP contribution in [0.3, 0.4) is 0 Å². The maximum atomic E-state index is 12.8. The van der Waals surface area contributed by atoms with Crippen molar-refractivity contribution in [1.29, 1.82) is 0 Å². The Morgan fingerprint density at radius 2 is 1.66 bits per heavy atom. The van der Waals surface area contributed by atoms with E-state index < -0.39 is 0 Å². The number of nitrogens with zero attached hydrogens (tertiary/aromatic N) is 4. The highest BCUT2D eigenvalue weighted by Crippen LogP contribution is 2.26. The molecule has 0 radical (unpaired) electrons. The molecule has 6 heteroatoms. The Bertz CT molecular complexity index is 1040. The third kappa shape index (κ3) is 5.25. The fourth-order valence-corrected chi connectivity index (χ4v) is 4.23. The monoisotopic (exact) mass is 429 g/mol. The molecule has 0 atom stereocenters. The Hall–Kier alpha value is -3.41. The summed E-state index contributed by atoms with van der Waals surface area (Å²) < 4.78 is 0. The number of hydrogen-bond acceptors (Lipinski definition) is 4. The molecule has 1 fully saturated rings. The van der Waals surface area contributed by atoms with Gasteiger partial charge in [-0.3, -0.25) is 0 Å². The molecular formula is C26H31N5O. The topological polar surface area (TPSA) is 61.4 Å². The normalized spacial score (nSPS) is 14.2. The second-order valence-corrected chi connectivity index (χ2v) is 8.16. The first-order valence-electron chi connectivity index (χ1n) is 11.4. The summed E-state index contributed by atoms with van der Waals surface area (Å²) in [6, 6.07) is 20.1. The van der Waals surface area contributed by atoms with Crippen LogP contribution in [-0.2, 0) is 12.8 Å². The molecule has 1 saturated heterocycles. The van der Waals surface area contributed by atoms with Crippen molar-refractivity contribution in [3.63, 3.8) is 0 Å². The van der Waals surface area contributed by atoms with Gasteiger partial charge in [0.2, 0.25) is 0 Å². The van der Waals surface area contributed by atoms with E-state index in [2.05, 4.69) is 41.4 Å². The molecule has 0 spiro atoms. The Morgan fingerprint density at radius 1 is 0.938 bits per heavy atom. The molecule has 0 saturated carbocycles. The van der Waals surface area contributed by atoms with Gasteiger partial charge in [-0.2, -0.15) is 0 Å². The fraction of sp³-hybridized carbons (Fsp3) is 0.346. The van der Waals surface area contributed by atoms with Gasteiger partial charge >= 0.3 is 6.03 Å². The van der Waals surface area contributed by atoms with Crippen LogP contribution in [0.1, 0.15) is 36.0 Å². The number of amides is 2. The summed E-state index contributed by atoms with van der Waals surface area (Å²) in [5, 5.41) is 3.01. The van der Waals surface area contributed by atoms with Gasteiger partial charge in [0, 0.05) is 49.5 Å². The molecule has 32 heavy (non-hydrogen) atoms. The molecule has 1 aliphatic rings. The predicted octanol–water partition coefficient (Wildman–Crippen LogP) is 4.68. The van der Waals surface area contributed by atoms with Gasteiger partial charge in [-0.05, 0) is 37.5 Å². The van der Waals surface area contributed by atoms with Gasteiger partial charge < -0.3 is 15.1 Å². The Morgan fingerprint density at radius 3 is 2.38 bits per heavy atom. The molecule has 4 rings (SSSR count). The van der Waals surface area contributed by atoms with E-state index in [4.69, 9.17) is 9.97 Å². The smallest absolute Gasteiger partial charge is 0.321 e. The molecular weight excluding hydrogens is 398 g/mol. The Labute approximate surface area is 190 Å². The zero-order valence-corrected chi connectivity index (χ0v) is 18.9. The van der Waals surface area contributed by atoms with E-state index in [0.717, 1.165) is 61.9 Å². The van der Waals surface area contributed by atoms with Gasteiger partial charge in [0.1, 0.15) is 11.6 Å². The summed E-state index contributed by atoms with van der Waals surface area (Å²) in [6.07, 6.45) is 2.59. The lowest BCUT2D eigenvalue weighted by atomic mass is 10.0. The SMILES string of the molecule is CCc1nc(C)nc(N2CCCN(C(=O)Nc3ccccc3)CC2)c1Cc1ccccc1. The average molecular weight is 430 g/mol. The zero-order valence-electron chi connectivity index (χ0n) is 18.9. The van der Waals surface area contributed by atoms with Crippen LogP contribution in [0.5, 0.6) is 0 Å². The number of carbonyl (C=O) groups excluding carboxylic acids is 1. The number of nitrogens with one attached hydrogen (secondary N) is 1. The number of anilines is 2. The molecule has 2 aromatic carbocycles. The van der Waals surface area contributed by atoms with Crippen LogP contribution in [0, 0.1) is 6.92 Å². The lowest BCUT2D eigenvalue weighted by Gasteiger charge is -2.26. The van der Waals surface area contributed by atoms with Crippen LogP contribution >= 0.6 is 0 Å². The third-order valence-electron chi connectivity index (χ3n) is 5.85. The highest BCUT2D eigenvalue weighted by molar-refractivity contribution is 5.89. The molecule has 2 heterocycles. The standard InChI is InChI=1S/C26H31N5O/c1-3-24-23(19-21-11-6-4-7-12-21)25(28-20(2)27-24)30-15-10-16-31(18-17-30)26(32)29-22-13-8-5-9-14-22/h4-9,11-14H,3,10,15-19H2,1-2H3,(H,29,32). The zero-order chi connectivity index (χ0) is 22.3. The summed E-state index contributed by atoms with van der Waals surface area (Å²) in [7, 11) is 0. The van der Waals surface area contributed by atoms with E-state index >= 15 is 0 Å². The quantitative estimate of drug-likeness (QED) is 0.640. The summed E-state index contributed by atoms with van der Waals surface area (Å²) in [5.41, 5.74) is 4.39. The molecule has 1 aliphatic heterocycles. The van der Waals surface area contributed by atoms with Crippen molar-refractivity contribution in [2.45, 2.75) is 33.1 Å². The summed E-state index contributed by atoms with van der Waals surface area (Å²) >= 11 is 0. The molecule has 1 aromatic heterocycles. The summed E-state index contributed by atoms with van der Waals surface area (Å²) in [6.45, 7) is 7.13. The van der Waals surface area contributed by atoms with Gasteiger partial charge in [-0.15, -0.1) is 0 Å². The first-order valence-corrected chi connectivity index (χ1v) is 11.4. The van der Waals surface area contributed by atoms with Crippen molar-refractivity contribution < 1.29 is 4.79 Å². The van der Waals surface area contributed by atoms with E-state index in [9.17, 15) is 4.79 Å². The second kappa shape index (κ2) is 10.3. The first kappa shape index (κ1) is 21.8. The predicted molar refractivity (Wildman–Crippen MR) is 129 cm³/mol. The fourth-order valence-electron chi connectivity index (χ4n) is 4.23. The third-order valence-corrected chi connectivity index (χ3v) is 5.85. The van der Waals surface area contributed by atoms with Crippen LogP contribution in [0.4, 0.5) is 16.3 Å². The first-order chi connectivity index (χ1) is 15.6. The van der Waals surface area contributed by atoms with Crippen molar-refractivity contribution in [1.82, 2.24) is 14.9 Å². The lowest BCUT2D eigenvalue weighted by Crippen LogP contribution is -2.38. The van der Waals surface area contributed by atoms with Crippen molar-refractivity contribution in [2.75, 3.05) is 36.4 Å². The van der Waals surface area contributed by atoms with E-state index in [1.54, 1.807) is 0 Å². The van der Waals surface area contributed by atoms with Crippen LogP contribution < -0.4 is 10.2 Å². The lowest BCUT2D eigenvalue weighted by molar-refractivity contribution is 0.215. The number of hydrogen-bond donors (Lipinski definition) is 1. The minimum Gasteiger partial charge on any atom is -0.354 e. The van der Waals surface area contributed by atoms with Crippen molar-refractivity contribution in [2.24, 2.45) is 0 Å². The van der Waals surface area contributed by atoms with Crippen LogP contribution in [0.15, 0.2) is 60.7 Å². The van der Waals surface area contributed by atoms with E-state index in [-0.39, 0.29) is 6.03 Å². The van der Waals surface area contributed by atoms with Crippen molar-refractivity contribution in [3.05, 3.63) is 83.3 Å². The highest BCUT2D eigenvalue weighted by atomic mass is 16.2. The molecule has 0 bridgehead atoms. The minimum atomic E-state index is -0.0457. The van der Waals surface area contributed by atoms with Crippen molar-refractivity contribution in [3.8, 4) is 0 Å². The van der Waals surface area contributed by atoms with Gasteiger partial charge in [0.15, 0.2) is 0 Å². The molecule has 6 nitrogen and oxygen atoms in total. The van der Waals surface area contributed by atoms with E-state index in [0.29, 0.717) is 6.54 Å². The number of carbonyl (C=O) groups is 1. The number of aryl methyl sites for hydroxylation is 2. The molecule has 166 valence electrons. The molecule has 0 unspecified atom stereocenters. The van der Waals surface area contributed by atoms with Crippen LogP contribution in [-0.4, -0.2) is 47.1 Å². The maximum Gasteiger partial charge on any atom is 0.321 e. The van der Waals surface area contributed by atoms with Gasteiger partial charge in [0.25, 0.3) is 0 Å². The second-order valence-electron chi connectivity index (χ2n) is 8.16. The average Bonchev–Trinajstić information content (AvgIpc) is 3.07. The number of para-hydroxylation sites is 1. The van der Waals surface area contributed by atoms with Gasteiger partial charge in [-0.1, -0.05) is 55.5 Å². The molecule has 1 N–H and O–H groups in total. The minimum absolute atomic E-state index is 0.0457. The van der Waals surface area contributed by atoms with Crippen LogP contribution in [0.2, 0.25) is 0 Å². The molecule has 2 amide bonds. The van der Waals surface area contributed by atoms with E-state index in [1.807, 2.05) is 48.2 Å². The van der Waals surface area contributed by atoms with Gasteiger partial charge in [-0.25, -0.2) is 14.8 Å². The molecule has 0 aliphatic carbocycles. The summed E-state index contributed by atoms with van der Waals surface area (Å²) in [5.74, 6) is 1.82. The summed E-state index contributed by atoms with van der Waals surface area (Å²) in [4.78, 5) is 26.7. The maximum absolute atomic E-state index is 12.8. The number of aromatic nitrogens is 2. The molecule has 3 aromatic rings. The number of benzene rings is 2. The number of urea groups is 1. The van der Waals surface area contributed by atoms with Crippen LogP contribution in [0.25, 0.3) is 0 Å².